The van der Waals surface area contributed by atoms with E-state index in [2.05, 4.69) is 38.4 Å². The van der Waals surface area contributed by atoms with Crippen LogP contribution in [-0.2, 0) is 11.0 Å². The molecular formula is C24H23FN4. The van der Waals surface area contributed by atoms with Crippen molar-refractivity contribution in [3.05, 3.63) is 71.8 Å². The topological polar surface area (TPSA) is 41.0 Å². The number of anilines is 2. The lowest BCUT2D eigenvalue weighted by Crippen LogP contribution is -2.25. The maximum Gasteiger partial charge on any atom is 0.229 e. The third-order valence-corrected chi connectivity index (χ3v) is 7.02. The van der Waals surface area contributed by atoms with E-state index in [4.69, 9.17) is 0 Å². The third kappa shape index (κ3) is 2.53. The monoisotopic (exact) mass is 386 g/mol. The molecule has 3 aromatic rings. The van der Waals surface area contributed by atoms with Gasteiger partial charge in [0, 0.05) is 46.7 Å². The summed E-state index contributed by atoms with van der Waals surface area (Å²) in [5, 5.41) is 3.50. The Morgan fingerprint density at radius 2 is 1.76 bits per heavy atom. The lowest BCUT2D eigenvalue weighted by atomic mass is 9.95. The van der Waals surface area contributed by atoms with Crippen molar-refractivity contribution in [3.63, 3.8) is 0 Å². The Morgan fingerprint density at radius 3 is 2.41 bits per heavy atom. The van der Waals surface area contributed by atoms with Crippen molar-refractivity contribution in [1.29, 1.82) is 0 Å². The van der Waals surface area contributed by atoms with Gasteiger partial charge in [0.2, 0.25) is 5.95 Å². The summed E-state index contributed by atoms with van der Waals surface area (Å²) < 4.78 is 14.1. The molecule has 0 amide bonds. The molecule has 2 fully saturated rings. The number of fused-ring (bicyclic) bond motifs is 2. The number of rotatable bonds is 4. The number of benzene rings is 2. The fourth-order valence-electron chi connectivity index (χ4n) is 4.83. The third-order valence-electron chi connectivity index (χ3n) is 7.02. The van der Waals surface area contributed by atoms with E-state index in [1.807, 2.05) is 13.1 Å². The van der Waals surface area contributed by atoms with E-state index < -0.39 is 0 Å². The molecule has 5 heteroatoms. The lowest BCUT2D eigenvalue weighted by Gasteiger charge is -2.20. The highest BCUT2D eigenvalue weighted by Gasteiger charge is 2.53. The predicted molar refractivity (Wildman–Crippen MR) is 112 cm³/mol. The standard InChI is InChI=1S/C24H23FN4/c1-26-24(10-11-24)17-6-7-19-21(12-17)29(15-23(19)8-9-23)22-27-13-16(14-28-22)18-4-2-3-5-20(18)25/h2-7,12-14,26H,8-11,15H2,1H3. The molecule has 2 heterocycles. The van der Waals surface area contributed by atoms with Crippen LogP contribution in [0, 0.1) is 5.82 Å². The fraction of sp³-hybridized carbons (Fsp3) is 0.333. The van der Waals surface area contributed by atoms with Gasteiger partial charge in [0.15, 0.2) is 0 Å². The van der Waals surface area contributed by atoms with E-state index in [0.29, 0.717) is 17.1 Å². The molecule has 0 radical (unpaired) electrons. The molecule has 1 aromatic heterocycles. The molecule has 6 rings (SSSR count). The Hall–Kier alpha value is -2.79. The molecule has 0 saturated heterocycles. The van der Waals surface area contributed by atoms with Crippen LogP contribution in [0.25, 0.3) is 11.1 Å². The Balaban J connectivity index is 1.38. The minimum atomic E-state index is -0.251. The van der Waals surface area contributed by atoms with Gasteiger partial charge in [0.1, 0.15) is 5.82 Å². The van der Waals surface area contributed by atoms with Crippen LogP contribution in [0.15, 0.2) is 54.9 Å². The van der Waals surface area contributed by atoms with Gasteiger partial charge in [-0.3, -0.25) is 0 Å². The van der Waals surface area contributed by atoms with Gasteiger partial charge in [-0.25, -0.2) is 14.4 Å². The van der Waals surface area contributed by atoms with Crippen molar-refractivity contribution in [3.8, 4) is 11.1 Å². The molecule has 3 aliphatic rings. The predicted octanol–water partition coefficient (Wildman–Crippen LogP) is 4.67. The lowest BCUT2D eigenvalue weighted by molar-refractivity contribution is 0.585. The van der Waals surface area contributed by atoms with Crippen molar-refractivity contribution in [2.24, 2.45) is 0 Å². The number of nitrogens with one attached hydrogen (secondary N) is 1. The van der Waals surface area contributed by atoms with Crippen molar-refractivity contribution in [2.45, 2.75) is 36.6 Å². The second-order valence-electron chi connectivity index (χ2n) is 8.68. The average molecular weight is 386 g/mol. The molecule has 1 N–H and O–H groups in total. The molecule has 2 aromatic carbocycles. The smallest absolute Gasteiger partial charge is 0.229 e. The average Bonchev–Trinajstić information content (AvgIpc) is 3.67. The number of nitrogens with zero attached hydrogens (tertiary/aromatic N) is 3. The van der Waals surface area contributed by atoms with Crippen molar-refractivity contribution in [2.75, 3.05) is 18.5 Å². The molecule has 1 spiro atoms. The normalized spacial score (nSPS) is 20.0. The summed E-state index contributed by atoms with van der Waals surface area (Å²) >= 11 is 0. The summed E-state index contributed by atoms with van der Waals surface area (Å²) in [6, 6.07) is 13.7. The summed E-state index contributed by atoms with van der Waals surface area (Å²) in [5.41, 5.74) is 5.65. The minimum absolute atomic E-state index is 0.134. The maximum absolute atomic E-state index is 14.1. The summed E-state index contributed by atoms with van der Waals surface area (Å²) in [6.07, 6.45) is 8.28. The van der Waals surface area contributed by atoms with Crippen LogP contribution in [0.4, 0.5) is 16.0 Å². The Bertz CT molecular complexity index is 1100. The first-order chi connectivity index (χ1) is 14.1. The van der Waals surface area contributed by atoms with E-state index in [0.717, 1.165) is 6.54 Å². The maximum atomic E-state index is 14.1. The number of aromatic nitrogens is 2. The first kappa shape index (κ1) is 17.1. The fourth-order valence-corrected chi connectivity index (χ4v) is 4.83. The number of halogens is 1. The molecule has 0 unspecified atom stereocenters. The minimum Gasteiger partial charge on any atom is -0.310 e. The van der Waals surface area contributed by atoms with E-state index in [1.54, 1.807) is 24.5 Å². The van der Waals surface area contributed by atoms with Gasteiger partial charge < -0.3 is 10.2 Å². The van der Waals surface area contributed by atoms with Crippen LogP contribution in [0.5, 0.6) is 0 Å². The Morgan fingerprint density at radius 1 is 1.00 bits per heavy atom. The first-order valence-electron chi connectivity index (χ1n) is 10.3. The van der Waals surface area contributed by atoms with Gasteiger partial charge in [0.25, 0.3) is 0 Å². The highest BCUT2D eigenvalue weighted by atomic mass is 19.1. The van der Waals surface area contributed by atoms with Gasteiger partial charge in [-0.2, -0.15) is 0 Å². The first-order valence-corrected chi connectivity index (χ1v) is 10.3. The molecule has 1 aliphatic heterocycles. The zero-order valence-electron chi connectivity index (χ0n) is 16.5. The van der Waals surface area contributed by atoms with E-state index in [1.165, 1.54) is 48.6 Å². The second kappa shape index (κ2) is 5.86. The van der Waals surface area contributed by atoms with Crippen molar-refractivity contribution in [1.82, 2.24) is 15.3 Å². The Labute approximate surface area is 169 Å². The molecule has 0 atom stereocenters. The summed E-state index contributed by atoms with van der Waals surface area (Å²) in [6.45, 7) is 0.928. The zero-order chi connectivity index (χ0) is 19.6. The van der Waals surface area contributed by atoms with E-state index in [9.17, 15) is 4.39 Å². The molecule has 2 aliphatic carbocycles. The molecule has 146 valence electrons. The van der Waals surface area contributed by atoms with E-state index in [-0.39, 0.29) is 16.8 Å². The van der Waals surface area contributed by atoms with Crippen LogP contribution >= 0.6 is 0 Å². The summed E-state index contributed by atoms with van der Waals surface area (Å²) in [7, 11) is 2.05. The second-order valence-corrected chi connectivity index (χ2v) is 8.68. The van der Waals surface area contributed by atoms with Gasteiger partial charge in [-0.15, -0.1) is 0 Å². The summed E-state index contributed by atoms with van der Waals surface area (Å²) in [5.74, 6) is 0.445. The van der Waals surface area contributed by atoms with Crippen LogP contribution in [0.3, 0.4) is 0 Å². The highest BCUT2D eigenvalue weighted by Crippen LogP contribution is 2.59. The molecule has 4 nitrogen and oxygen atoms in total. The van der Waals surface area contributed by atoms with Gasteiger partial charge in [-0.05, 0) is 56.0 Å². The Kier molecular flexibility index (Phi) is 3.46. The van der Waals surface area contributed by atoms with Crippen LogP contribution < -0.4 is 10.2 Å². The quantitative estimate of drug-likeness (QED) is 0.707. The molecule has 29 heavy (non-hydrogen) atoms. The zero-order valence-corrected chi connectivity index (χ0v) is 16.5. The largest absolute Gasteiger partial charge is 0.310 e. The van der Waals surface area contributed by atoms with Gasteiger partial charge in [-0.1, -0.05) is 30.3 Å². The molecular weight excluding hydrogens is 363 g/mol. The van der Waals surface area contributed by atoms with E-state index >= 15 is 0 Å². The van der Waals surface area contributed by atoms with Gasteiger partial charge in [0.05, 0.1) is 0 Å². The molecule has 0 bridgehead atoms. The van der Waals surface area contributed by atoms with Crippen molar-refractivity contribution >= 4 is 11.6 Å². The number of hydrogen-bond acceptors (Lipinski definition) is 4. The van der Waals surface area contributed by atoms with Crippen LogP contribution in [0.1, 0.15) is 36.8 Å². The highest BCUT2D eigenvalue weighted by molar-refractivity contribution is 5.73. The van der Waals surface area contributed by atoms with Crippen molar-refractivity contribution < 1.29 is 4.39 Å². The van der Waals surface area contributed by atoms with Crippen LogP contribution in [0.2, 0.25) is 0 Å². The number of hydrogen-bond donors (Lipinski definition) is 1. The molecule has 2 saturated carbocycles. The SMILES string of the molecule is CNC1(c2ccc3c(c2)N(c2ncc(-c4ccccc4F)cn2)CC32CC2)CC1. The summed E-state index contributed by atoms with van der Waals surface area (Å²) in [4.78, 5) is 11.5. The van der Waals surface area contributed by atoms with Gasteiger partial charge >= 0.3 is 0 Å². The van der Waals surface area contributed by atoms with Crippen LogP contribution in [-0.4, -0.2) is 23.6 Å².